The van der Waals surface area contributed by atoms with E-state index in [1.54, 1.807) is 11.9 Å². The van der Waals surface area contributed by atoms with E-state index in [2.05, 4.69) is 12.2 Å². The molecule has 0 aliphatic heterocycles. The van der Waals surface area contributed by atoms with Gasteiger partial charge in [0.25, 0.3) is 0 Å². The molecule has 1 aliphatic carbocycles. The molecule has 120 valence electrons. The van der Waals surface area contributed by atoms with Crippen molar-refractivity contribution in [3.63, 3.8) is 0 Å². The predicted molar refractivity (Wildman–Crippen MR) is 76.0 cm³/mol. The van der Waals surface area contributed by atoms with Crippen molar-refractivity contribution >= 4 is 18.0 Å². The van der Waals surface area contributed by atoms with Gasteiger partial charge in [0.05, 0.1) is 0 Å². The van der Waals surface area contributed by atoms with Crippen molar-refractivity contribution in [1.29, 1.82) is 0 Å². The van der Waals surface area contributed by atoms with E-state index >= 15 is 0 Å². The summed E-state index contributed by atoms with van der Waals surface area (Å²) in [5, 5.41) is 20.0. The Morgan fingerprint density at radius 1 is 1.19 bits per heavy atom. The van der Waals surface area contributed by atoms with E-state index < -0.39 is 24.0 Å². The molecule has 21 heavy (non-hydrogen) atoms. The number of nitrogens with zero attached hydrogens (tertiary/aromatic N) is 1. The van der Waals surface area contributed by atoms with Crippen LogP contribution in [0, 0.1) is 5.92 Å². The molecule has 0 bridgehead atoms. The minimum absolute atomic E-state index is 0.119. The van der Waals surface area contributed by atoms with Crippen molar-refractivity contribution in [3.05, 3.63) is 0 Å². The summed E-state index contributed by atoms with van der Waals surface area (Å²) in [5.41, 5.74) is 0. The van der Waals surface area contributed by atoms with Gasteiger partial charge in [0, 0.05) is 19.5 Å². The molecule has 7 nitrogen and oxygen atoms in total. The number of rotatable bonds is 6. The fraction of sp³-hybridized carbons (Fsp3) is 0.786. The number of carbonyl (C=O) groups excluding carboxylic acids is 1. The fourth-order valence-corrected chi connectivity index (χ4v) is 2.57. The first kappa shape index (κ1) is 17.3. The van der Waals surface area contributed by atoms with Gasteiger partial charge in [-0.2, -0.15) is 0 Å². The van der Waals surface area contributed by atoms with Gasteiger partial charge in [-0.1, -0.05) is 6.92 Å². The second-order valence-corrected chi connectivity index (χ2v) is 5.80. The first-order valence-corrected chi connectivity index (χ1v) is 7.29. The molecule has 1 saturated carbocycles. The highest BCUT2D eigenvalue weighted by Crippen LogP contribution is 2.26. The molecule has 0 heterocycles. The lowest BCUT2D eigenvalue weighted by atomic mass is 9.87. The maximum absolute atomic E-state index is 12.1. The third-order valence-electron chi connectivity index (χ3n) is 4.10. The summed E-state index contributed by atoms with van der Waals surface area (Å²) >= 11 is 0. The molecule has 2 amide bonds. The summed E-state index contributed by atoms with van der Waals surface area (Å²) in [7, 11) is 1.66. The standard InChI is InChI=1S/C14H24N2O5/c1-9-3-5-10(6-4-9)16(2)14(21)15-11(13(19)20)7-8-12(17)18/h9-11H,3-8H2,1-2H3,(H,15,21)(H,17,18)(H,19,20)/t9?,10?,11-/m0/s1. The van der Waals surface area contributed by atoms with Crippen LogP contribution >= 0.6 is 0 Å². The Labute approximate surface area is 124 Å². The van der Waals surface area contributed by atoms with E-state index in [1.165, 1.54) is 0 Å². The van der Waals surface area contributed by atoms with Crippen LogP contribution in [0.25, 0.3) is 0 Å². The Bertz CT molecular complexity index is 391. The highest BCUT2D eigenvalue weighted by molar-refractivity contribution is 5.83. The van der Waals surface area contributed by atoms with E-state index in [0.29, 0.717) is 5.92 Å². The van der Waals surface area contributed by atoms with Gasteiger partial charge in [0.1, 0.15) is 6.04 Å². The molecule has 1 aliphatic rings. The van der Waals surface area contributed by atoms with Crippen molar-refractivity contribution in [3.8, 4) is 0 Å². The smallest absolute Gasteiger partial charge is 0.326 e. The quantitative estimate of drug-likeness (QED) is 0.689. The van der Waals surface area contributed by atoms with E-state index in [0.717, 1.165) is 25.7 Å². The number of nitrogens with one attached hydrogen (secondary N) is 1. The Morgan fingerprint density at radius 3 is 2.24 bits per heavy atom. The Morgan fingerprint density at radius 2 is 1.76 bits per heavy atom. The van der Waals surface area contributed by atoms with Gasteiger partial charge in [-0.3, -0.25) is 4.79 Å². The van der Waals surface area contributed by atoms with Crippen LogP contribution in [0.15, 0.2) is 0 Å². The Balaban J connectivity index is 2.51. The molecule has 1 atom stereocenters. The Hall–Kier alpha value is -1.79. The monoisotopic (exact) mass is 300 g/mol. The van der Waals surface area contributed by atoms with Crippen LogP contribution in [0.5, 0.6) is 0 Å². The lowest BCUT2D eigenvalue weighted by Gasteiger charge is -2.34. The van der Waals surface area contributed by atoms with Gasteiger partial charge in [-0.15, -0.1) is 0 Å². The summed E-state index contributed by atoms with van der Waals surface area (Å²) in [6, 6.07) is -1.50. The summed E-state index contributed by atoms with van der Waals surface area (Å²) in [5.74, 6) is -1.62. The summed E-state index contributed by atoms with van der Waals surface area (Å²) in [6.45, 7) is 2.18. The first-order chi connectivity index (χ1) is 9.81. The normalized spacial score (nSPS) is 23.1. The van der Waals surface area contributed by atoms with Crippen molar-refractivity contribution in [2.75, 3.05) is 7.05 Å². The van der Waals surface area contributed by atoms with E-state index in [9.17, 15) is 14.4 Å². The zero-order valence-electron chi connectivity index (χ0n) is 12.5. The molecule has 0 aromatic heterocycles. The second-order valence-electron chi connectivity index (χ2n) is 5.80. The SMILES string of the molecule is CC1CCC(N(C)C(=O)N[C@@H](CCC(=O)O)C(=O)O)CC1. The molecule has 7 heteroatoms. The van der Waals surface area contributed by atoms with Crippen LogP contribution < -0.4 is 5.32 Å². The van der Waals surface area contributed by atoms with Gasteiger partial charge in [-0.05, 0) is 38.0 Å². The topological polar surface area (TPSA) is 107 Å². The molecule has 0 spiro atoms. The van der Waals surface area contributed by atoms with E-state index in [4.69, 9.17) is 10.2 Å². The minimum atomic E-state index is -1.21. The zero-order chi connectivity index (χ0) is 16.0. The number of amides is 2. The maximum Gasteiger partial charge on any atom is 0.326 e. The first-order valence-electron chi connectivity index (χ1n) is 7.29. The summed E-state index contributed by atoms with van der Waals surface area (Å²) in [6.07, 6.45) is 3.54. The van der Waals surface area contributed by atoms with Gasteiger partial charge in [0.2, 0.25) is 0 Å². The predicted octanol–water partition coefficient (Wildman–Crippen LogP) is 1.52. The van der Waals surface area contributed by atoms with Crippen molar-refractivity contribution in [2.24, 2.45) is 5.92 Å². The van der Waals surface area contributed by atoms with Crippen LogP contribution in [0.2, 0.25) is 0 Å². The van der Waals surface area contributed by atoms with Crippen molar-refractivity contribution in [1.82, 2.24) is 10.2 Å². The lowest BCUT2D eigenvalue weighted by Crippen LogP contribution is -2.50. The number of carboxylic acids is 2. The molecular weight excluding hydrogens is 276 g/mol. The molecule has 3 N–H and O–H groups in total. The number of carbonyl (C=O) groups is 3. The average Bonchev–Trinajstić information content (AvgIpc) is 2.42. The number of urea groups is 1. The van der Waals surface area contributed by atoms with Crippen molar-refractivity contribution in [2.45, 2.75) is 57.5 Å². The van der Waals surface area contributed by atoms with Crippen molar-refractivity contribution < 1.29 is 24.6 Å². The summed E-state index contributed by atoms with van der Waals surface area (Å²) in [4.78, 5) is 35.2. The number of carboxylic acid groups (broad SMARTS) is 2. The molecule has 0 radical (unpaired) electrons. The van der Waals surface area contributed by atoms with E-state index in [1.807, 2.05) is 0 Å². The van der Waals surface area contributed by atoms with Crippen LogP contribution in [0.3, 0.4) is 0 Å². The number of hydrogen-bond acceptors (Lipinski definition) is 3. The zero-order valence-corrected chi connectivity index (χ0v) is 12.5. The highest BCUT2D eigenvalue weighted by Gasteiger charge is 2.28. The molecule has 0 unspecified atom stereocenters. The molecule has 0 aromatic rings. The number of hydrogen-bond donors (Lipinski definition) is 3. The Kier molecular flexibility index (Phi) is 6.45. The molecule has 1 rings (SSSR count). The third kappa shape index (κ3) is 5.61. The third-order valence-corrected chi connectivity index (χ3v) is 4.10. The molecule has 0 aromatic carbocycles. The van der Waals surface area contributed by atoms with Crippen LogP contribution in [-0.4, -0.2) is 52.2 Å². The molecular formula is C14H24N2O5. The summed E-state index contributed by atoms with van der Waals surface area (Å²) < 4.78 is 0. The molecule has 0 saturated heterocycles. The fourth-order valence-electron chi connectivity index (χ4n) is 2.57. The largest absolute Gasteiger partial charge is 0.481 e. The van der Waals surface area contributed by atoms with Crippen LogP contribution in [0.1, 0.15) is 45.4 Å². The second kappa shape index (κ2) is 7.85. The minimum Gasteiger partial charge on any atom is -0.481 e. The molecule has 1 fully saturated rings. The van der Waals surface area contributed by atoms with Gasteiger partial charge < -0.3 is 20.4 Å². The average molecular weight is 300 g/mol. The van der Waals surface area contributed by atoms with Crippen LogP contribution in [0.4, 0.5) is 4.79 Å². The highest BCUT2D eigenvalue weighted by atomic mass is 16.4. The van der Waals surface area contributed by atoms with E-state index in [-0.39, 0.29) is 18.9 Å². The maximum atomic E-state index is 12.1. The number of aliphatic carboxylic acids is 2. The van der Waals surface area contributed by atoms with Gasteiger partial charge in [0.15, 0.2) is 0 Å². The lowest BCUT2D eigenvalue weighted by molar-refractivity contribution is -0.140. The van der Waals surface area contributed by atoms with Crippen LogP contribution in [-0.2, 0) is 9.59 Å². The van der Waals surface area contributed by atoms with Gasteiger partial charge in [-0.25, -0.2) is 9.59 Å². The van der Waals surface area contributed by atoms with Gasteiger partial charge >= 0.3 is 18.0 Å².